The Balaban J connectivity index is 2.15. The summed E-state index contributed by atoms with van der Waals surface area (Å²) < 4.78 is 38.3. The first-order chi connectivity index (χ1) is 13.6. The molecule has 11 heteroatoms. The van der Waals surface area contributed by atoms with Gasteiger partial charge >= 0.3 is 19.8 Å². The smallest absolute Gasteiger partial charge is 0.469 e. The van der Waals surface area contributed by atoms with Crippen molar-refractivity contribution in [3.8, 4) is 5.75 Å². The molecule has 160 valence electrons. The molecule has 1 aliphatic rings. The number of carbonyl (C=O) groups is 3. The summed E-state index contributed by atoms with van der Waals surface area (Å²) in [7, 11) is -1.77. The van der Waals surface area contributed by atoms with Crippen molar-refractivity contribution in [2.45, 2.75) is 26.4 Å². The van der Waals surface area contributed by atoms with Gasteiger partial charge in [0.2, 0.25) is 0 Å². The summed E-state index contributed by atoms with van der Waals surface area (Å²) >= 11 is 0. The lowest BCUT2D eigenvalue weighted by molar-refractivity contribution is -0.142. The van der Waals surface area contributed by atoms with E-state index >= 15 is 0 Å². The Morgan fingerprint density at radius 3 is 2.55 bits per heavy atom. The molecule has 1 heterocycles. The molecule has 2 rings (SSSR count). The zero-order valence-electron chi connectivity index (χ0n) is 16.6. The Morgan fingerprint density at radius 1 is 1.21 bits per heavy atom. The van der Waals surface area contributed by atoms with Crippen LogP contribution in [0.3, 0.4) is 0 Å². The number of rotatable bonds is 7. The molecule has 0 aromatic heterocycles. The molecule has 0 saturated carbocycles. The predicted molar refractivity (Wildman–Crippen MR) is 100 cm³/mol. The molecule has 1 aliphatic heterocycles. The Labute approximate surface area is 168 Å². The molecule has 0 spiro atoms. The standard InChI is InChI=1S/C18H24NO9P/c1-18(2)11-26-29(23,27-13-8-6-5-7-12(13)17(22)25-4)28-15(18)16(21)19-10-9-14(20)24-3/h5-8,15H,9-11H2,1-4H3,(H,19,21)/t15-,29+/m0/s1. The molecule has 0 unspecified atom stereocenters. The number of phosphoric ester groups is 1. The Hall–Kier alpha value is -2.42. The van der Waals surface area contributed by atoms with Crippen molar-refractivity contribution in [1.29, 1.82) is 0 Å². The predicted octanol–water partition coefficient (Wildman–Crippen LogP) is 2.08. The number of benzene rings is 1. The minimum Gasteiger partial charge on any atom is -0.469 e. The molecular weight excluding hydrogens is 405 g/mol. The van der Waals surface area contributed by atoms with Gasteiger partial charge in [0.1, 0.15) is 11.3 Å². The van der Waals surface area contributed by atoms with Crippen LogP contribution < -0.4 is 9.84 Å². The molecular formula is C18H24NO9P. The molecule has 0 bridgehead atoms. The van der Waals surface area contributed by atoms with E-state index in [4.69, 9.17) is 13.6 Å². The fourth-order valence-electron chi connectivity index (χ4n) is 2.50. The highest BCUT2D eigenvalue weighted by molar-refractivity contribution is 7.49. The van der Waals surface area contributed by atoms with Gasteiger partial charge in [-0.3, -0.25) is 18.6 Å². The normalized spacial score (nSPS) is 23.0. The van der Waals surface area contributed by atoms with Gasteiger partial charge in [0.15, 0.2) is 6.10 Å². The van der Waals surface area contributed by atoms with Crippen molar-refractivity contribution < 1.29 is 42.0 Å². The van der Waals surface area contributed by atoms with E-state index in [0.717, 1.165) is 0 Å². The van der Waals surface area contributed by atoms with E-state index in [1.165, 1.54) is 26.4 Å². The molecule has 10 nitrogen and oxygen atoms in total. The maximum absolute atomic E-state index is 13.0. The van der Waals surface area contributed by atoms with Gasteiger partial charge in [-0.25, -0.2) is 9.36 Å². The van der Waals surface area contributed by atoms with Gasteiger partial charge in [0.05, 0.1) is 27.2 Å². The second-order valence-electron chi connectivity index (χ2n) is 6.89. The van der Waals surface area contributed by atoms with E-state index < -0.39 is 37.2 Å². The van der Waals surface area contributed by atoms with Gasteiger partial charge in [-0.1, -0.05) is 26.0 Å². The molecule has 1 amide bonds. The van der Waals surface area contributed by atoms with Crippen molar-refractivity contribution in [1.82, 2.24) is 5.32 Å². The van der Waals surface area contributed by atoms with E-state index in [1.807, 2.05) is 0 Å². The first kappa shape index (κ1) is 22.9. The largest absolute Gasteiger partial charge is 0.530 e. The van der Waals surface area contributed by atoms with Crippen LogP contribution >= 0.6 is 7.82 Å². The highest BCUT2D eigenvalue weighted by Gasteiger charge is 2.50. The van der Waals surface area contributed by atoms with Gasteiger partial charge < -0.3 is 19.3 Å². The van der Waals surface area contributed by atoms with Crippen LogP contribution in [0.2, 0.25) is 0 Å². The third-order valence-electron chi connectivity index (χ3n) is 4.14. The zero-order chi connectivity index (χ0) is 21.7. The van der Waals surface area contributed by atoms with Crippen LogP contribution in [0.1, 0.15) is 30.6 Å². The number of carbonyl (C=O) groups excluding carboxylic acids is 3. The van der Waals surface area contributed by atoms with Gasteiger partial charge in [0.25, 0.3) is 5.91 Å². The molecule has 1 fully saturated rings. The number of methoxy groups -OCH3 is 2. The maximum atomic E-state index is 13.0. The van der Waals surface area contributed by atoms with Crippen molar-refractivity contribution in [2.75, 3.05) is 27.4 Å². The monoisotopic (exact) mass is 429 g/mol. The lowest BCUT2D eigenvalue weighted by atomic mass is 9.87. The average molecular weight is 429 g/mol. The molecule has 0 aliphatic carbocycles. The van der Waals surface area contributed by atoms with Crippen molar-refractivity contribution in [2.24, 2.45) is 5.41 Å². The number of nitrogens with one attached hydrogen (secondary N) is 1. The number of esters is 2. The van der Waals surface area contributed by atoms with Gasteiger partial charge in [-0.05, 0) is 12.1 Å². The summed E-state index contributed by atoms with van der Waals surface area (Å²) in [4.78, 5) is 35.6. The number of hydrogen-bond donors (Lipinski definition) is 1. The highest BCUT2D eigenvalue weighted by atomic mass is 31.2. The average Bonchev–Trinajstić information content (AvgIpc) is 2.69. The van der Waals surface area contributed by atoms with E-state index in [9.17, 15) is 18.9 Å². The number of para-hydroxylation sites is 1. The first-order valence-electron chi connectivity index (χ1n) is 8.76. The topological polar surface area (TPSA) is 126 Å². The quantitative estimate of drug-likeness (QED) is 0.512. The third kappa shape index (κ3) is 5.79. The zero-order valence-corrected chi connectivity index (χ0v) is 17.5. The first-order valence-corrected chi connectivity index (χ1v) is 10.2. The van der Waals surface area contributed by atoms with Gasteiger partial charge in [-0.2, -0.15) is 0 Å². The Morgan fingerprint density at radius 2 is 1.90 bits per heavy atom. The lowest BCUT2D eigenvalue weighted by Crippen LogP contribution is -2.50. The van der Waals surface area contributed by atoms with Crippen LogP contribution in [0.5, 0.6) is 5.75 Å². The molecule has 0 radical (unpaired) electrons. The van der Waals surface area contributed by atoms with E-state index in [0.29, 0.717) is 0 Å². The SMILES string of the molecule is COC(=O)CCNC(=O)[C@@H]1O[P@@](=O)(Oc2ccccc2C(=O)OC)OCC1(C)C. The minimum atomic E-state index is -4.22. The summed E-state index contributed by atoms with van der Waals surface area (Å²) in [6.07, 6.45) is -1.20. The summed E-state index contributed by atoms with van der Waals surface area (Å²) in [5.41, 5.74) is -0.796. The summed E-state index contributed by atoms with van der Waals surface area (Å²) in [5, 5.41) is 2.54. The maximum Gasteiger partial charge on any atom is 0.530 e. The fourth-order valence-corrected chi connectivity index (χ4v) is 4.19. The molecule has 29 heavy (non-hydrogen) atoms. The molecule has 1 N–H and O–H groups in total. The van der Waals surface area contributed by atoms with Gasteiger partial charge in [-0.15, -0.1) is 0 Å². The molecule has 1 aromatic carbocycles. The third-order valence-corrected chi connectivity index (χ3v) is 5.47. The van der Waals surface area contributed by atoms with Crippen LogP contribution in [0.15, 0.2) is 24.3 Å². The van der Waals surface area contributed by atoms with Gasteiger partial charge in [0, 0.05) is 12.0 Å². The lowest BCUT2D eigenvalue weighted by Gasteiger charge is -2.39. The molecule has 2 atom stereocenters. The fraction of sp³-hybridized carbons (Fsp3) is 0.500. The Kier molecular flexibility index (Phi) is 7.40. The van der Waals surface area contributed by atoms with Crippen LogP contribution in [0.25, 0.3) is 0 Å². The number of amides is 1. The minimum absolute atomic E-state index is 0.0213. The Bertz CT molecular complexity index is 823. The second kappa shape index (κ2) is 9.39. The molecule has 1 aromatic rings. The highest BCUT2D eigenvalue weighted by Crippen LogP contribution is 2.57. The second-order valence-corrected chi connectivity index (χ2v) is 8.44. The van der Waals surface area contributed by atoms with E-state index in [2.05, 4.69) is 14.8 Å². The van der Waals surface area contributed by atoms with Crippen molar-refractivity contribution in [3.63, 3.8) is 0 Å². The summed E-state index contributed by atoms with van der Waals surface area (Å²) in [5.74, 6) is -1.81. The number of hydrogen-bond acceptors (Lipinski definition) is 9. The molecule has 1 saturated heterocycles. The van der Waals surface area contributed by atoms with Crippen LogP contribution in [-0.2, 0) is 32.7 Å². The van der Waals surface area contributed by atoms with Crippen LogP contribution in [-0.4, -0.2) is 51.3 Å². The number of ether oxygens (including phenoxy) is 2. The van der Waals surface area contributed by atoms with E-state index in [1.54, 1.807) is 26.0 Å². The van der Waals surface area contributed by atoms with Crippen LogP contribution in [0, 0.1) is 5.41 Å². The van der Waals surface area contributed by atoms with Crippen molar-refractivity contribution >= 4 is 25.7 Å². The number of phosphoric acid groups is 1. The van der Waals surface area contributed by atoms with E-state index in [-0.39, 0.29) is 30.9 Å². The summed E-state index contributed by atoms with van der Waals surface area (Å²) in [6, 6.07) is 5.99. The summed E-state index contributed by atoms with van der Waals surface area (Å²) in [6.45, 7) is 3.32. The van der Waals surface area contributed by atoms with Crippen molar-refractivity contribution in [3.05, 3.63) is 29.8 Å². The van der Waals surface area contributed by atoms with Crippen LogP contribution in [0.4, 0.5) is 0 Å².